The van der Waals surface area contributed by atoms with Crippen molar-refractivity contribution >= 4 is 11.8 Å². The van der Waals surface area contributed by atoms with Gasteiger partial charge in [-0.1, -0.05) is 18.6 Å². The van der Waals surface area contributed by atoms with E-state index in [-0.39, 0.29) is 11.9 Å². The van der Waals surface area contributed by atoms with Crippen LogP contribution in [0.2, 0.25) is 0 Å². The fourth-order valence-corrected chi connectivity index (χ4v) is 2.96. The van der Waals surface area contributed by atoms with Crippen LogP contribution in [0.1, 0.15) is 45.6 Å². The quantitative estimate of drug-likeness (QED) is 0.507. The Morgan fingerprint density at radius 1 is 1.27 bits per heavy atom. The molecule has 26 heavy (non-hydrogen) atoms. The van der Waals surface area contributed by atoms with Crippen molar-refractivity contribution in [2.24, 2.45) is 5.92 Å². The first-order valence-electron chi connectivity index (χ1n) is 9.03. The highest BCUT2D eigenvalue weighted by Crippen LogP contribution is 2.23. The number of aryl methyl sites for hydroxylation is 1. The summed E-state index contributed by atoms with van der Waals surface area (Å²) < 4.78 is 16.9. The number of rotatable bonds is 10. The number of hydrogen-bond acceptors (Lipinski definition) is 5. The van der Waals surface area contributed by atoms with E-state index in [1.165, 1.54) is 6.92 Å². The molecule has 1 heterocycles. The smallest absolute Gasteiger partial charge is 0.314 e. The molecule has 0 bridgehead atoms. The Labute approximate surface area is 154 Å². The molecule has 2 unspecified atom stereocenters. The molecule has 1 fully saturated rings. The molecule has 0 aromatic heterocycles. The van der Waals surface area contributed by atoms with Gasteiger partial charge >= 0.3 is 5.97 Å². The molecule has 2 atom stereocenters. The second-order valence-electron chi connectivity index (χ2n) is 7.15. The maximum atomic E-state index is 11.3. The van der Waals surface area contributed by atoms with Gasteiger partial charge in [0.25, 0.3) is 0 Å². The normalized spacial score (nSPS) is 19.9. The van der Waals surface area contributed by atoms with Gasteiger partial charge in [0, 0.05) is 0 Å². The SMILES string of the molecule is CC(=O)C(CCCCc1ccc(OCC2COC(C)(C)O2)cc1)C(=O)O. The summed E-state index contributed by atoms with van der Waals surface area (Å²) in [5, 5.41) is 9.00. The summed E-state index contributed by atoms with van der Waals surface area (Å²) in [6.07, 6.45) is 2.74. The molecule has 1 aromatic carbocycles. The van der Waals surface area contributed by atoms with E-state index in [0.717, 1.165) is 24.2 Å². The van der Waals surface area contributed by atoms with Crippen LogP contribution < -0.4 is 4.74 Å². The highest BCUT2D eigenvalue weighted by atomic mass is 16.7. The molecule has 0 aliphatic carbocycles. The highest BCUT2D eigenvalue weighted by molar-refractivity contribution is 5.96. The zero-order valence-corrected chi connectivity index (χ0v) is 15.7. The maximum absolute atomic E-state index is 11.3. The summed E-state index contributed by atoms with van der Waals surface area (Å²) in [4.78, 5) is 22.3. The summed E-state index contributed by atoms with van der Waals surface area (Å²) in [6.45, 7) is 6.09. The lowest BCUT2D eigenvalue weighted by Gasteiger charge is -2.17. The minimum atomic E-state index is -1.03. The van der Waals surface area contributed by atoms with Crippen LogP contribution in [0.15, 0.2) is 24.3 Å². The monoisotopic (exact) mass is 364 g/mol. The second kappa shape index (κ2) is 9.14. The number of aliphatic carboxylic acids is 1. The Bertz CT molecular complexity index is 593. The Kier molecular flexibility index (Phi) is 7.17. The van der Waals surface area contributed by atoms with Gasteiger partial charge in [0.1, 0.15) is 30.2 Å². The maximum Gasteiger partial charge on any atom is 0.314 e. The lowest BCUT2D eigenvalue weighted by molar-refractivity contribution is -0.146. The number of unbranched alkanes of at least 4 members (excludes halogenated alkanes) is 1. The van der Waals surface area contributed by atoms with E-state index >= 15 is 0 Å². The third kappa shape index (κ3) is 6.42. The number of benzene rings is 1. The van der Waals surface area contributed by atoms with Crippen LogP contribution >= 0.6 is 0 Å². The van der Waals surface area contributed by atoms with E-state index in [1.54, 1.807) is 0 Å². The van der Waals surface area contributed by atoms with Gasteiger partial charge in [0.05, 0.1) is 6.61 Å². The summed E-state index contributed by atoms with van der Waals surface area (Å²) in [5.41, 5.74) is 1.16. The van der Waals surface area contributed by atoms with Crippen molar-refractivity contribution in [2.45, 2.75) is 58.3 Å². The fraction of sp³-hybridized carbons (Fsp3) is 0.600. The minimum Gasteiger partial charge on any atom is -0.491 e. The molecule has 6 nitrogen and oxygen atoms in total. The van der Waals surface area contributed by atoms with Crippen molar-refractivity contribution in [3.63, 3.8) is 0 Å². The minimum absolute atomic E-state index is 0.0619. The molecule has 1 aliphatic heterocycles. The molecule has 1 saturated heterocycles. The Balaban J connectivity index is 1.69. The zero-order valence-electron chi connectivity index (χ0n) is 15.7. The van der Waals surface area contributed by atoms with Gasteiger partial charge < -0.3 is 19.3 Å². The van der Waals surface area contributed by atoms with E-state index in [2.05, 4.69) is 0 Å². The van der Waals surface area contributed by atoms with Crippen molar-refractivity contribution < 1.29 is 28.9 Å². The van der Waals surface area contributed by atoms with E-state index in [0.29, 0.717) is 26.1 Å². The van der Waals surface area contributed by atoms with Gasteiger partial charge in [0.15, 0.2) is 5.79 Å². The van der Waals surface area contributed by atoms with Crippen molar-refractivity contribution in [1.82, 2.24) is 0 Å². The molecular formula is C20H28O6. The number of ketones is 1. The standard InChI is InChI=1S/C20H28O6/c1-14(21)18(19(22)23)7-5-4-6-15-8-10-16(11-9-15)24-12-17-13-25-20(2,3)26-17/h8-11,17-18H,4-7,12-13H2,1-3H3,(H,22,23). The lowest BCUT2D eigenvalue weighted by Crippen LogP contribution is -2.25. The van der Waals surface area contributed by atoms with Gasteiger partial charge in [0.2, 0.25) is 0 Å². The van der Waals surface area contributed by atoms with Crippen LogP contribution in [0.3, 0.4) is 0 Å². The molecular weight excluding hydrogens is 336 g/mol. The number of carboxylic acids is 1. The average Bonchev–Trinajstić information content (AvgIpc) is 2.92. The molecule has 0 saturated carbocycles. The van der Waals surface area contributed by atoms with Crippen molar-refractivity contribution in [2.75, 3.05) is 13.2 Å². The van der Waals surface area contributed by atoms with Crippen LogP contribution in [-0.4, -0.2) is 42.0 Å². The van der Waals surface area contributed by atoms with Crippen molar-refractivity contribution in [3.8, 4) is 5.75 Å². The predicted octanol–water partition coefficient (Wildman–Crippen LogP) is 3.22. The summed E-state index contributed by atoms with van der Waals surface area (Å²) in [6, 6.07) is 7.85. The number of carbonyl (C=O) groups excluding carboxylic acids is 1. The van der Waals surface area contributed by atoms with Gasteiger partial charge in [-0.05, 0) is 57.7 Å². The number of Topliss-reactive ketones (excluding diaryl/α,β-unsaturated/α-hetero) is 1. The molecule has 2 rings (SSSR count). The molecule has 144 valence electrons. The van der Waals surface area contributed by atoms with E-state index in [4.69, 9.17) is 19.3 Å². The van der Waals surface area contributed by atoms with Gasteiger partial charge in [-0.25, -0.2) is 0 Å². The third-order valence-corrected chi connectivity index (χ3v) is 4.42. The predicted molar refractivity (Wildman–Crippen MR) is 96.2 cm³/mol. The first-order valence-corrected chi connectivity index (χ1v) is 9.03. The van der Waals surface area contributed by atoms with E-state index in [9.17, 15) is 9.59 Å². The Morgan fingerprint density at radius 3 is 2.50 bits per heavy atom. The number of ether oxygens (including phenoxy) is 3. The molecule has 6 heteroatoms. The van der Waals surface area contributed by atoms with Crippen LogP contribution in [0.5, 0.6) is 5.75 Å². The van der Waals surface area contributed by atoms with Crippen LogP contribution in [-0.2, 0) is 25.5 Å². The second-order valence-corrected chi connectivity index (χ2v) is 7.15. The fourth-order valence-electron chi connectivity index (χ4n) is 2.96. The van der Waals surface area contributed by atoms with Crippen LogP contribution in [0.25, 0.3) is 0 Å². The molecule has 1 aliphatic rings. The lowest BCUT2D eigenvalue weighted by atomic mass is 9.97. The van der Waals surface area contributed by atoms with Crippen molar-refractivity contribution in [3.05, 3.63) is 29.8 Å². The Morgan fingerprint density at radius 2 is 1.96 bits per heavy atom. The first kappa shape index (κ1) is 20.4. The zero-order chi connectivity index (χ0) is 19.2. The molecule has 1 N–H and O–H groups in total. The summed E-state index contributed by atoms with van der Waals surface area (Å²) in [7, 11) is 0. The largest absolute Gasteiger partial charge is 0.491 e. The number of carbonyl (C=O) groups is 2. The summed E-state index contributed by atoms with van der Waals surface area (Å²) >= 11 is 0. The third-order valence-electron chi connectivity index (χ3n) is 4.42. The molecule has 1 aromatic rings. The average molecular weight is 364 g/mol. The van der Waals surface area contributed by atoms with Crippen molar-refractivity contribution in [1.29, 1.82) is 0 Å². The van der Waals surface area contributed by atoms with Gasteiger partial charge in [-0.3, -0.25) is 9.59 Å². The van der Waals surface area contributed by atoms with Gasteiger partial charge in [-0.2, -0.15) is 0 Å². The van der Waals surface area contributed by atoms with Crippen LogP contribution in [0.4, 0.5) is 0 Å². The first-order chi connectivity index (χ1) is 12.3. The molecule has 0 amide bonds. The number of hydrogen-bond donors (Lipinski definition) is 1. The van der Waals surface area contributed by atoms with Crippen LogP contribution in [0, 0.1) is 5.92 Å². The molecule has 0 spiro atoms. The number of carboxylic acid groups (broad SMARTS) is 1. The summed E-state index contributed by atoms with van der Waals surface area (Å²) in [5.74, 6) is -1.94. The Hall–Kier alpha value is -1.92. The van der Waals surface area contributed by atoms with E-state index in [1.807, 2.05) is 38.1 Å². The van der Waals surface area contributed by atoms with E-state index < -0.39 is 17.7 Å². The molecule has 0 radical (unpaired) electrons. The van der Waals surface area contributed by atoms with Gasteiger partial charge in [-0.15, -0.1) is 0 Å². The highest BCUT2D eigenvalue weighted by Gasteiger charge is 2.32. The topological polar surface area (TPSA) is 82.1 Å².